The highest BCUT2D eigenvalue weighted by Gasteiger charge is 2.31. The van der Waals surface area contributed by atoms with Crippen LogP contribution in [0.1, 0.15) is 5.56 Å². The van der Waals surface area contributed by atoms with Crippen LogP contribution in [-0.4, -0.2) is 31.5 Å². The second kappa shape index (κ2) is 9.46. The van der Waals surface area contributed by atoms with Crippen molar-refractivity contribution in [1.29, 1.82) is 0 Å². The predicted octanol–water partition coefficient (Wildman–Crippen LogP) is 2.82. The van der Waals surface area contributed by atoms with Gasteiger partial charge in [-0.25, -0.2) is 4.79 Å². The Morgan fingerprint density at radius 3 is 2.30 bits per heavy atom. The SMILES string of the molecule is O=C(COC(=O)COc1ccccc1)NCc1ccccc1OC(F)(F)F. The van der Waals surface area contributed by atoms with Crippen LogP contribution in [0.4, 0.5) is 13.2 Å². The van der Waals surface area contributed by atoms with E-state index < -0.39 is 30.6 Å². The molecule has 1 N–H and O–H groups in total. The molecule has 0 bridgehead atoms. The Hall–Kier alpha value is -3.23. The molecule has 2 rings (SSSR count). The highest BCUT2D eigenvalue weighted by molar-refractivity contribution is 5.80. The van der Waals surface area contributed by atoms with Crippen LogP contribution < -0.4 is 14.8 Å². The van der Waals surface area contributed by atoms with E-state index in [1.165, 1.54) is 18.2 Å². The summed E-state index contributed by atoms with van der Waals surface area (Å²) >= 11 is 0. The lowest BCUT2D eigenvalue weighted by atomic mass is 10.2. The lowest BCUT2D eigenvalue weighted by Gasteiger charge is -2.13. The normalized spacial score (nSPS) is 10.8. The number of halogens is 3. The summed E-state index contributed by atoms with van der Waals surface area (Å²) in [5.41, 5.74) is 0.127. The molecule has 0 aromatic heterocycles. The van der Waals surface area contributed by atoms with E-state index in [2.05, 4.69) is 10.1 Å². The van der Waals surface area contributed by atoms with Gasteiger partial charge in [-0.05, 0) is 18.2 Å². The summed E-state index contributed by atoms with van der Waals surface area (Å²) < 4.78 is 50.8. The molecule has 2 aromatic carbocycles. The molecule has 1 amide bonds. The molecule has 0 heterocycles. The largest absolute Gasteiger partial charge is 0.573 e. The van der Waals surface area contributed by atoms with Crippen molar-refractivity contribution >= 4 is 11.9 Å². The van der Waals surface area contributed by atoms with E-state index >= 15 is 0 Å². The van der Waals surface area contributed by atoms with Gasteiger partial charge in [-0.1, -0.05) is 36.4 Å². The van der Waals surface area contributed by atoms with E-state index in [-0.39, 0.29) is 18.7 Å². The molecule has 144 valence electrons. The van der Waals surface area contributed by atoms with E-state index in [0.29, 0.717) is 5.75 Å². The minimum Gasteiger partial charge on any atom is -0.482 e. The average molecular weight is 383 g/mol. The van der Waals surface area contributed by atoms with E-state index in [1.54, 1.807) is 30.3 Å². The van der Waals surface area contributed by atoms with Crippen LogP contribution in [-0.2, 0) is 20.9 Å². The number of carbonyl (C=O) groups is 2. The van der Waals surface area contributed by atoms with Crippen molar-refractivity contribution in [2.24, 2.45) is 0 Å². The van der Waals surface area contributed by atoms with Crippen LogP contribution in [0.15, 0.2) is 54.6 Å². The molecular formula is C18H16F3NO5. The molecule has 2 aromatic rings. The fourth-order valence-corrected chi connectivity index (χ4v) is 1.97. The number of benzene rings is 2. The van der Waals surface area contributed by atoms with E-state index in [9.17, 15) is 22.8 Å². The van der Waals surface area contributed by atoms with E-state index in [1.807, 2.05) is 0 Å². The molecule has 0 saturated carbocycles. The molecular weight excluding hydrogens is 367 g/mol. The number of para-hydroxylation sites is 2. The van der Waals surface area contributed by atoms with Crippen molar-refractivity contribution in [3.63, 3.8) is 0 Å². The number of carbonyl (C=O) groups excluding carboxylic acids is 2. The smallest absolute Gasteiger partial charge is 0.482 e. The number of esters is 1. The van der Waals surface area contributed by atoms with Crippen molar-refractivity contribution in [3.05, 3.63) is 60.2 Å². The van der Waals surface area contributed by atoms with Crippen molar-refractivity contribution in [2.45, 2.75) is 12.9 Å². The third-order valence-electron chi connectivity index (χ3n) is 3.14. The minimum atomic E-state index is -4.84. The highest BCUT2D eigenvalue weighted by atomic mass is 19.4. The molecule has 6 nitrogen and oxygen atoms in total. The fourth-order valence-electron chi connectivity index (χ4n) is 1.97. The van der Waals surface area contributed by atoms with Crippen LogP contribution in [0.5, 0.6) is 11.5 Å². The Labute approximate surface area is 152 Å². The second-order valence-electron chi connectivity index (χ2n) is 5.19. The summed E-state index contributed by atoms with van der Waals surface area (Å²) in [4.78, 5) is 23.2. The molecule has 9 heteroatoms. The molecule has 27 heavy (non-hydrogen) atoms. The quantitative estimate of drug-likeness (QED) is 0.710. The third kappa shape index (κ3) is 7.68. The van der Waals surface area contributed by atoms with Gasteiger partial charge in [0.15, 0.2) is 13.2 Å². The van der Waals surface area contributed by atoms with Crippen molar-refractivity contribution in [2.75, 3.05) is 13.2 Å². The van der Waals surface area contributed by atoms with Crippen molar-refractivity contribution in [1.82, 2.24) is 5.32 Å². The molecule has 0 aliphatic carbocycles. The number of hydrogen-bond donors (Lipinski definition) is 1. The van der Waals surface area contributed by atoms with Gasteiger partial charge in [0.1, 0.15) is 11.5 Å². The molecule has 0 radical (unpaired) electrons. The van der Waals surface area contributed by atoms with Crippen LogP contribution in [0.3, 0.4) is 0 Å². The van der Waals surface area contributed by atoms with Crippen molar-refractivity contribution < 1.29 is 37.0 Å². The van der Waals surface area contributed by atoms with Crippen LogP contribution in [0.25, 0.3) is 0 Å². The Kier molecular flexibility index (Phi) is 7.04. The molecule has 0 saturated heterocycles. The summed E-state index contributed by atoms with van der Waals surface area (Å²) in [6, 6.07) is 13.9. The maximum Gasteiger partial charge on any atom is 0.573 e. The fraction of sp³-hybridized carbons (Fsp3) is 0.222. The first kappa shape index (κ1) is 20.1. The molecule has 0 aliphatic rings. The van der Waals surface area contributed by atoms with E-state index in [0.717, 1.165) is 6.07 Å². The zero-order valence-electron chi connectivity index (χ0n) is 14.0. The van der Waals surface area contributed by atoms with Gasteiger partial charge < -0.3 is 19.5 Å². The Bertz CT molecular complexity index is 765. The lowest BCUT2D eigenvalue weighted by Crippen LogP contribution is -2.30. The van der Waals surface area contributed by atoms with Crippen molar-refractivity contribution in [3.8, 4) is 11.5 Å². The molecule has 0 fully saturated rings. The summed E-state index contributed by atoms with van der Waals surface area (Å²) in [7, 11) is 0. The monoisotopic (exact) mass is 383 g/mol. The summed E-state index contributed by atoms with van der Waals surface area (Å²) in [5, 5.41) is 2.35. The summed E-state index contributed by atoms with van der Waals surface area (Å²) in [6.07, 6.45) is -4.84. The van der Waals surface area contributed by atoms with Gasteiger partial charge in [0.05, 0.1) is 0 Å². The molecule has 0 spiro atoms. The maximum atomic E-state index is 12.3. The second-order valence-corrected chi connectivity index (χ2v) is 5.19. The predicted molar refractivity (Wildman–Crippen MR) is 87.9 cm³/mol. The van der Waals surface area contributed by atoms with Crippen LogP contribution >= 0.6 is 0 Å². The van der Waals surface area contributed by atoms with Gasteiger partial charge in [-0.15, -0.1) is 13.2 Å². The highest BCUT2D eigenvalue weighted by Crippen LogP contribution is 2.26. The number of ether oxygens (including phenoxy) is 3. The zero-order chi connectivity index (χ0) is 19.7. The van der Waals surface area contributed by atoms with Gasteiger partial charge in [0.25, 0.3) is 5.91 Å². The lowest BCUT2D eigenvalue weighted by molar-refractivity contribution is -0.274. The van der Waals surface area contributed by atoms with Gasteiger partial charge >= 0.3 is 12.3 Å². The third-order valence-corrected chi connectivity index (χ3v) is 3.14. The molecule has 0 atom stereocenters. The first-order valence-electron chi connectivity index (χ1n) is 7.77. The maximum absolute atomic E-state index is 12.3. The Morgan fingerprint density at radius 2 is 1.59 bits per heavy atom. The molecule has 0 unspecified atom stereocenters. The number of hydrogen-bond acceptors (Lipinski definition) is 5. The van der Waals surface area contributed by atoms with E-state index in [4.69, 9.17) is 9.47 Å². The first-order chi connectivity index (χ1) is 12.8. The first-order valence-corrected chi connectivity index (χ1v) is 7.77. The van der Waals surface area contributed by atoms with Crippen LogP contribution in [0.2, 0.25) is 0 Å². The molecule has 0 aliphatic heterocycles. The standard InChI is InChI=1S/C18H16F3NO5/c19-18(20,21)27-15-9-5-4-6-13(15)10-22-16(23)11-26-17(24)12-25-14-7-2-1-3-8-14/h1-9H,10-12H2,(H,22,23). The van der Waals surface area contributed by atoms with Gasteiger partial charge in [0, 0.05) is 12.1 Å². The summed E-state index contributed by atoms with van der Waals surface area (Å²) in [6.45, 7) is -1.18. The minimum absolute atomic E-state index is 0.127. The number of nitrogens with one attached hydrogen (secondary N) is 1. The zero-order valence-corrected chi connectivity index (χ0v) is 14.0. The van der Waals surface area contributed by atoms with Gasteiger partial charge in [0.2, 0.25) is 0 Å². The topological polar surface area (TPSA) is 73.9 Å². The number of amides is 1. The Morgan fingerprint density at radius 1 is 0.926 bits per heavy atom. The average Bonchev–Trinajstić information content (AvgIpc) is 2.63. The number of rotatable bonds is 8. The number of alkyl halides is 3. The Balaban J connectivity index is 1.74. The summed E-state index contributed by atoms with van der Waals surface area (Å²) in [5.74, 6) is -1.38. The van der Waals surface area contributed by atoms with Crippen LogP contribution in [0, 0.1) is 0 Å². The van der Waals surface area contributed by atoms with Gasteiger partial charge in [-0.2, -0.15) is 0 Å². The van der Waals surface area contributed by atoms with Gasteiger partial charge in [-0.3, -0.25) is 4.79 Å².